The van der Waals surface area contributed by atoms with Gasteiger partial charge in [-0.15, -0.1) is 48.4 Å². The average molecular weight is 502 g/mol. The van der Waals surface area contributed by atoms with Crippen molar-refractivity contribution in [3.63, 3.8) is 0 Å². The number of fused-ring (bicyclic) bond motifs is 2. The number of halogens is 4. The summed E-state index contributed by atoms with van der Waals surface area (Å²) in [6, 6.07) is 1.51. The SMILES string of the molecule is OC1C(Cl)CC(Cl)C2CCC[N-]C12.Oc1c(Cl)cc(Cl)c2c1[N-]CC=C2.[Cu+2]. The summed E-state index contributed by atoms with van der Waals surface area (Å²) in [5.41, 5.74) is 1.22. The van der Waals surface area contributed by atoms with E-state index in [1.807, 2.05) is 12.2 Å². The van der Waals surface area contributed by atoms with Crippen LogP contribution < -0.4 is 0 Å². The van der Waals surface area contributed by atoms with Crippen molar-refractivity contribution >= 4 is 58.2 Å². The summed E-state index contributed by atoms with van der Waals surface area (Å²) in [4.78, 5) is 0. The third-order valence-corrected chi connectivity index (χ3v) is 6.50. The Morgan fingerprint density at radius 3 is 2.59 bits per heavy atom. The Bertz CT molecular complexity index is 692. The number of hydrogen-bond acceptors (Lipinski definition) is 2. The largest absolute Gasteiger partial charge is 2.00 e. The Balaban J connectivity index is 0.000000187. The Morgan fingerprint density at radius 1 is 1.11 bits per heavy atom. The van der Waals surface area contributed by atoms with Gasteiger partial charge in [-0.2, -0.15) is 0 Å². The number of aromatic hydroxyl groups is 1. The van der Waals surface area contributed by atoms with Crippen LogP contribution in [0.15, 0.2) is 12.1 Å². The Kier molecular flexibility index (Phi) is 8.91. The van der Waals surface area contributed by atoms with E-state index in [-0.39, 0.29) is 44.6 Å². The van der Waals surface area contributed by atoms with Crippen molar-refractivity contribution in [3.05, 3.63) is 38.4 Å². The minimum Gasteiger partial charge on any atom is -0.678 e. The first-order valence-corrected chi connectivity index (χ1v) is 10.2. The first-order valence-electron chi connectivity index (χ1n) is 8.58. The van der Waals surface area contributed by atoms with Crippen LogP contribution in [0.5, 0.6) is 5.75 Å². The van der Waals surface area contributed by atoms with Crippen LogP contribution in [0, 0.1) is 5.92 Å². The van der Waals surface area contributed by atoms with Crippen LogP contribution in [0.2, 0.25) is 10.0 Å². The number of alkyl halides is 2. The molecule has 0 bridgehead atoms. The van der Waals surface area contributed by atoms with Gasteiger partial charge in [0.15, 0.2) is 0 Å². The van der Waals surface area contributed by atoms with E-state index in [0.717, 1.165) is 24.9 Å². The smallest absolute Gasteiger partial charge is 0.678 e. The summed E-state index contributed by atoms with van der Waals surface area (Å²) >= 11 is 23.8. The molecule has 0 amide bonds. The van der Waals surface area contributed by atoms with E-state index in [4.69, 9.17) is 46.4 Å². The Hall–Kier alpha value is 0.159. The number of piperidine rings is 1. The van der Waals surface area contributed by atoms with E-state index in [9.17, 15) is 10.2 Å². The Morgan fingerprint density at radius 2 is 1.85 bits per heavy atom. The molecule has 1 saturated heterocycles. The molecular formula is C18H20Cl4CuN2O2. The normalized spacial score (nSPS) is 31.4. The zero-order valence-electron chi connectivity index (χ0n) is 14.3. The summed E-state index contributed by atoms with van der Waals surface area (Å²) < 4.78 is 0. The second kappa shape index (κ2) is 10.3. The number of benzene rings is 1. The minimum atomic E-state index is -0.484. The predicted molar refractivity (Wildman–Crippen MR) is 110 cm³/mol. The summed E-state index contributed by atoms with van der Waals surface area (Å²) in [6.07, 6.45) is 6.12. The number of aliphatic hydroxyl groups excluding tert-OH is 1. The molecule has 5 unspecified atom stereocenters. The molecule has 153 valence electrons. The van der Waals surface area contributed by atoms with E-state index in [1.165, 1.54) is 6.07 Å². The van der Waals surface area contributed by atoms with Gasteiger partial charge in [-0.1, -0.05) is 47.8 Å². The number of nitrogens with zero attached hydrogens (tertiary/aromatic N) is 2. The van der Waals surface area contributed by atoms with Crippen molar-refractivity contribution < 1.29 is 27.3 Å². The maximum Gasteiger partial charge on any atom is 2.00 e. The molecular weight excluding hydrogens is 482 g/mol. The molecule has 2 aliphatic heterocycles. The van der Waals surface area contributed by atoms with Crippen molar-refractivity contribution in [3.8, 4) is 5.75 Å². The van der Waals surface area contributed by atoms with Gasteiger partial charge in [0.25, 0.3) is 0 Å². The molecule has 2 fully saturated rings. The molecule has 27 heavy (non-hydrogen) atoms. The van der Waals surface area contributed by atoms with Crippen molar-refractivity contribution in [1.82, 2.24) is 0 Å². The van der Waals surface area contributed by atoms with E-state index in [1.54, 1.807) is 0 Å². The molecule has 2 heterocycles. The van der Waals surface area contributed by atoms with Gasteiger partial charge in [-0.25, -0.2) is 0 Å². The molecule has 1 aromatic carbocycles. The van der Waals surface area contributed by atoms with Crippen molar-refractivity contribution in [2.45, 2.75) is 42.2 Å². The fraction of sp³-hybridized carbons (Fsp3) is 0.556. The van der Waals surface area contributed by atoms with Crippen LogP contribution in [0.3, 0.4) is 0 Å². The fourth-order valence-electron chi connectivity index (χ4n) is 3.62. The quantitative estimate of drug-likeness (QED) is 0.346. The topological polar surface area (TPSA) is 68.7 Å². The number of aliphatic hydroxyl groups is 1. The number of hydrogen-bond donors (Lipinski definition) is 2. The van der Waals surface area contributed by atoms with Crippen molar-refractivity contribution in [2.24, 2.45) is 5.92 Å². The predicted octanol–water partition coefficient (Wildman–Crippen LogP) is 5.85. The molecule has 4 nitrogen and oxygen atoms in total. The Labute approximate surface area is 190 Å². The van der Waals surface area contributed by atoms with Crippen LogP contribution in [-0.2, 0) is 17.1 Å². The second-order valence-electron chi connectivity index (χ2n) is 6.66. The van der Waals surface area contributed by atoms with Crippen LogP contribution in [0.25, 0.3) is 16.7 Å². The molecule has 4 rings (SSSR count). The van der Waals surface area contributed by atoms with E-state index < -0.39 is 6.10 Å². The summed E-state index contributed by atoms with van der Waals surface area (Å²) in [7, 11) is 0. The third-order valence-electron chi connectivity index (χ3n) is 4.97. The summed E-state index contributed by atoms with van der Waals surface area (Å²) in [6.45, 7) is 1.41. The van der Waals surface area contributed by atoms with Gasteiger partial charge in [0.05, 0.1) is 16.5 Å². The molecule has 9 heteroatoms. The van der Waals surface area contributed by atoms with Crippen molar-refractivity contribution in [2.75, 3.05) is 13.1 Å². The fourth-order valence-corrected chi connectivity index (χ4v) is 5.03. The molecule has 1 saturated carbocycles. The van der Waals surface area contributed by atoms with E-state index in [0.29, 0.717) is 29.6 Å². The average Bonchev–Trinajstić information content (AvgIpc) is 2.65. The first kappa shape index (κ1) is 23.4. The molecule has 1 aliphatic carbocycles. The number of phenolic OH excluding ortho intramolecular Hbond substituents is 1. The molecule has 3 aliphatic rings. The molecule has 0 spiro atoms. The van der Waals surface area contributed by atoms with Gasteiger partial charge >= 0.3 is 17.1 Å². The molecule has 1 radical (unpaired) electrons. The maximum absolute atomic E-state index is 9.81. The minimum absolute atomic E-state index is 0. The molecule has 2 N–H and O–H groups in total. The number of rotatable bonds is 0. The maximum atomic E-state index is 9.81. The standard InChI is InChI=1S/C9H14Cl2NO.C9H6Cl2NO.Cu/c2*10-6-4-7(11)9(13)8-5(6)2-1-3-12-8;/h5-9,13H,1-4H2;1-2,4,13H,3H2;/q2*-1;+2. The zero-order valence-corrected chi connectivity index (χ0v) is 18.2. The monoisotopic (exact) mass is 499 g/mol. The van der Waals surface area contributed by atoms with Gasteiger partial charge in [-0.05, 0) is 24.0 Å². The molecule has 5 atom stereocenters. The van der Waals surface area contributed by atoms with Crippen LogP contribution in [0.4, 0.5) is 5.69 Å². The summed E-state index contributed by atoms with van der Waals surface area (Å²) in [5, 5.41) is 28.5. The van der Waals surface area contributed by atoms with Crippen molar-refractivity contribution in [1.29, 1.82) is 0 Å². The van der Waals surface area contributed by atoms with E-state index in [2.05, 4.69) is 10.6 Å². The third kappa shape index (κ3) is 5.21. The van der Waals surface area contributed by atoms with Gasteiger partial charge < -0.3 is 20.8 Å². The summed E-state index contributed by atoms with van der Waals surface area (Å²) in [5.74, 6) is 0.353. The van der Waals surface area contributed by atoms with Gasteiger partial charge in [0.1, 0.15) is 5.75 Å². The van der Waals surface area contributed by atoms with Gasteiger partial charge in [-0.3, -0.25) is 0 Å². The van der Waals surface area contributed by atoms with Crippen LogP contribution in [-0.4, -0.2) is 46.2 Å². The van der Waals surface area contributed by atoms with Gasteiger partial charge in [0.2, 0.25) is 0 Å². The van der Waals surface area contributed by atoms with Gasteiger partial charge in [0, 0.05) is 10.4 Å². The van der Waals surface area contributed by atoms with Crippen LogP contribution in [0.1, 0.15) is 24.8 Å². The van der Waals surface area contributed by atoms with E-state index >= 15 is 0 Å². The first-order chi connectivity index (χ1) is 12.4. The molecule has 0 aromatic heterocycles. The second-order valence-corrected chi connectivity index (χ2v) is 8.59. The van der Waals surface area contributed by atoms with Crippen LogP contribution >= 0.6 is 46.4 Å². The zero-order chi connectivity index (χ0) is 18.8. The number of phenols is 1. The molecule has 1 aromatic rings.